The van der Waals surface area contributed by atoms with Gasteiger partial charge in [-0.2, -0.15) is 8.78 Å². The highest BCUT2D eigenvalue weighted by atomic mass is 19.3. The number of pyridine rings is 1. The van der Waals surface area contributed by atoms with E-state index in [1.165, 1.54) is 4.90 Å². The van der Waals surface area contributed by atoms with Crippen LogP contribution in [0.25, 0.3) is 0 Å². The number of nitrogens with zero attached hydrogens (tertiary/aromatic N) is 2. The topological polar surface area (TPSA) is 59.5 Å². The van der Waals surface area contributed by atoms with Crippen molar-refractivity contribution in [2.75, 3.05) is 11.4 Å². The van der Waals surface area contributed by atoms with Crippen molar-refractivity contribution in [3.8, 4) is 0 Å². The first-order valence-electron chi connectivity index (χ1n) is 8.45. The molecule has 2 heterocycles. The summed E-state index contributed by atoms with van der Waals surface area (Å²) < 4.78 is 31.4. The van der Waals surface area contributed by atoms with E-state index in [0.717, 1.165) is 18.4 Å². The number of alkyl halides is 2. The van der Waals surface area contributed by atoms with Gasteiger partial charge in [-0.25, -0.2) is 9.78 Å². The molecule has 0 saturated heterocycles. The van der Waals surface area contributed by atoms with Crippen molar-refractivity contribution in [1.29, 1.82) is 0 Å². The quantitative estimate of drug-likeness (QED) is 0.752. The number of hydrogen-bond donors (Lipinski definition) is 0. The summed E-state index contributed by atoms with van der Waals surface area (Å²) >= 11 is 0. The molecule has 0 unspecified atom stereocenters. The van der Waals surface area contributed by atoms with Crippen LogP contribution in [0.5, 0.6) is 0 Å². The Hall–Kier alpha value is -2.05. The van der Waals surface area contributed by atoms with E-state index in [1.807, 2.05) is 6.07 Å². The van der Waals surface area contributed by atoms with Gasteiger partial charge in [0.1, 0.15) is 11.4 Å². The summed E-state index contributed by atoms with van der Waals surface area (Å²) in [5, 5.41) is 0. The Morgan fingerprint density at radius 3 is 2.72 bits per heavy atom. The number of rotatable bonds is 5. The van der Waals surface area contributed by atoms with Crippen LogP contribution in [0.2, 0.25) is 0 Å². The van der Waals surface area contributed by atoms with Crippen LogP contribution >= 0.6 is 0 Å². The highest BCUT2D eigenvalue weighted by molar-refractivity contribution is 5.88. The molecule has 1 aromatic heterocycles. The lowest BCUT2D eigenvalue weighted by Gasteiger charge is -2.31. The molecule has 1 amide bonds. The van der Waals surface area contributed by atoms with Gasteiger partial charge in [0.15, 0.2) is 6.29 Å². The number of fused-ring (bicyclic) bond motifs is 1. The lowest BCUT2D eigenvalue weighted by atomic mass is 10.0. The molecule has 0 radical (unpaired) electrons. The lowest BCUT2D eigenvalue weighted by molar-refractivity contribution is -0.130. The van der Waals surface area contributed by atoms with Crippen LogP contribution in [0.15, 0.2) is 12.1 Å². The Morgan fingerprint density at radius 2 is 2.08 bits per heavy atom. The molecular weight excluding hydrogens is 330 g/mol. The molecule has 138 valence electrons. The van der Waals surface area contributed by atoms with E-state index in [0.29, 0.717) is 24.5 Å². The molecule has 0 bridgehead atoms. The number of amides is 1. The third-order valence-electron chi connectivity index (χ3n) is 3.83. The fraction of sp³-hybridized carbons (Fsp3) is 0.611. The van der Waals surface area contributed by atoms with E-state index in [1.54, 1.807) is 26.8 Å². The summed E-state index contributed by atoms with van der Waals surface area (Å²) in [7, 11) is 0. The molecule has 0 fully saturated rings. The number of carbonyl (C=O) groups is 2. The number of hydrogen-bond acceptors (Lipinski definition) is 4. The Labute approximate surface area is 146 Å². The standard InChI is InChI=1S/C18H24F2N2O3/c1-17(2,3)25-16(24)22-11-5-6-13-8-9-14(21-15(13)22)7-4-10-18(19,20)12-23/h8-9,12H,4-7,10-11H2,1-3H3. The second-order valence-electron chi connectivity index (χ2n) is 7.25. The van der Waals surface area contributed by atoms with Crippen LogP contribution in [0.4, 0.5) is 19.4 Å². The van der Waals surface area contributed by atoms with Crippen molar-refractivity contribution in [2.24, 2.45) is 0 Å². The van der Waals surface area contributed by atoms with Gasteiger partial charge in [0.25, 0.3) is 0 Å². The first kappa shape index (κ1) is 19.3. The maximum atomic E-state index is 13.0. The Morgan fingerprint density at radius 1 is 1.36 bits per heavy atom. The van der Waals surface area contributed by atoms with Crippen LogP contribution in [-0.4, -0.2) is 35.4 Å². The average Bonchev–Trinajstić information content (AvgIpc) is 2.52. The zero-order chi connectivity index (χ0) is 18.7. The van der Waals surface area contributed by atoms with Gasteiger partial charge >= 0.3 is 12.0 Å². The number of anilines is 1. The van der Waals surface area contributed by atoms with Crippen molar-refractivity contribution < 1.29 is 23.1 Å². The molecule has 1 aromatic rings. The van der Waals surface area contributed by atoms with Crippen molar-refractivity contribution in [3.05, 3.63) is 23.4 Å². The zero-order valence-electron chi connectivity index (χ0n) is 14.8. The second-order valence-corrected chi connectivity index (χ2v) is 7.25. The minimum Gasteiger partial charge on any atom is -0.443 e. The van der Waals surface area contributed by atoms with Crippen LogP contribution < -0.4 is 4.90 Å². The second kappa shape index (κ2) is 7.45. The normalized spacial score (nSPS) is 14.8. The zero-order valence-corrected chi connectivity index (χ0v) is 14.8. The smallest absolute Gasteiger partial charge is 0.416 e. The lowest BCUT2D eigenvalue weighted by Crippen LogP contribution is -2.40. The minimum absolute atomic E-state index is 0.143. The molecule has 1 aliphatic heterocycles. The third-order valence-corrected chi connectivity index (χ3v) is 3.83. The van der Waals surface area contributed by atoms with Crippen LogP contribution in [0.1, 0.15) is 51.3 Å². The minimum atomic E-state index is -3.29. The number of ether oxygens (including phenoxy) is 1. The summed E-state index contributed by atoms with van der Waals surface area (Å²) in [4.78, 5) is 28.7. The van der Waals surface area contributed by atoms with Crippen molar-refractivity contribution in [2.45, 2.75) is 64.4 Å². The Kier molecular flexibility index (Phi) is 5.75. The number of aldehydes is 1. The predicted octanol–water partition coefficient (Wildman–Crippen LogP) is 3.93. The van der Waals surface area contributed by atoms with E-state index >= 15 is 0 Å². The molecule has 0 N–H and O–H groups in total. The summed E-state index contributed by atoms with van der Waals surface area (Å²) in [6.45, 7) is 5.91. The van der Waals surface area contributed by atoms with Gasteiger partial charge in [-0.1, -0.05) is 6.07 Å². The van der Waals surface area contributed by atoms with Crippen molar-refractivity contribution in [3.63, 3.8) is 0 Å². The predicted molar refractivity (Wildman–Crippen MR) is 90.1 cm³/mol. The summed E-state index contributed by atoms with van der Waals surface area (Å²) in [6, 6.07) is 3.67. The molecule has 0 aromatic carbocycles. The molecule has 2 rings (SSSR count). The molecular formula is C18H24F2N2O3. The van der Waals surface area contributed by atoms with Gasteiger partial charge in [0, 0.05) is 18.7 Å². The fourth-order valence-corrected chi connectivity index (χ4v) is 2.68. The first-order valence-corrected chi connectivity index (χ1v) is 8.45. The van der Waals surface area contributed by atoms with Gasteiger partial charge in [-0.05, 0) is 58.1 Å². The van der Waals surface area contributed by atoms with Gasteiger partial charge in [-0.15, -0.1) is 0 Å². The summed E-state index contributed by atoms with van der Waals surface area (Å²) in [5.41, 5.74) is 0.960. The van der Waals surface area contributed by atoms with Crippen molar-refractivity contribution >= 4 is 18.2 Å². The maximum Gasteiger partial charge on any atom is 0.416 e. The monoisotopic (exact) mass is 354 g/mol. The average molecular weight is 354 g/mol. The van der Waals surface area contributed by atoms with Crippen molar-refractivity contribution in [1.82, 2.24) is 4.98 Å². The highest BCUT2D eigenvalue weighted by Gasteiger charge is 2.29. The Balaban J connectivity index is 2.11. The number of carbonyl (C=O) groups excluding carboxylic acids is 2. The maximum absolute atomic E-state index is 13.0. The van der Waals surface area contributed by atoms with E-state index < -0.39 is 24.0 Å². The van der Waals surface area contributed by atoms with Gasteiger partial charge in [0.2, 0.25) is 0 Å². The van der Waals surface area contributed by atoms with Gasteiger partial charge < -0.3 is 4.74 Å². The molecule has 0 atom stereocenters. The van der Waals surface area contributed by atoms with Crippen LogP contribution in [-0.2, 0) is 22.4 Å². The molecule has 25 heavy (non-hydrogen) atoms. The first-order chi connectivity index (χ1) is 11.6. The largest absolute Gasteiger partial charge is 0.443 e. The van der Waals surface area contributed by atoms with Crippen LogP contribution in [0, 0.1) is 0 Å². The van der Waals surface area contributed by atoms with E-state index in [2.05, 4.69) is 4.98 Å². The number of aryl methyl sites for hydroxylation is 2. The van der Waals surface area contributed by atoms with Crippen LogP contribution in [0.3, 0.4) is 0 Å². The van der Waals surface area contributed by atoms with E-state index in [4.69, 9.17) is 4.74 Å². The fourth-order valence-electron chi connectivity index (χ4n) is 2.68. The molecule has 1 aliphatic rings. The van der Waals surface area contributed by atoms with E-state index in [9.17, 15) is 18.4 Å². The highest BCUT2D eigenvalue weighted by Crippen LogP contribution is 2.28. The molecule has 5 nitrogen and oxygen atoms in total. The number of aromatic nitrogens is 1. The summed E-state index contributed by atoms with van der Waals surface area (Å²) in [6.07, 6.45) is 0.806. The molecule has 0 saturated carbocycles. The number of halogens is 2. The molecule has 0 aliphatic carbocycles. The van der Waals surface area contributed by atoms with Gasteiger partial charge in [-0.3, -0.25) is 9.69 Å². The summed E-state index contributed by atoms with van der Waals surface area (Å²) in [5.74, 6) is -2.75. The van der Waals surface area contributed by atoms with E-state index in [-0.39, 0.29) is 12.7 Å². The third kappa shape index (κ3) is 5.47. The molecule has 0 spiro atoms. The Bertz CT molecular complexity index is 642. The van der Waals surface area contributed by atoms with Gasteiger partial charge in [0.05, 0.1) is 0 Å². The molecule has 7 heteroatoms. The SMILES string of the molecule is CC(C)(C)OC(=O)N1CCCc2ccc(CCCC(F)(F)C=O)nc21.